The highest BCUT2D eigenvalue weighted by Gasteiger charge is 2.33. The molecule has 0 spiro atoms. The molecule has 0 aliphatic carbocycles. The van der Waals surface area contributed by atoms with E-state index in [4.69, 9.17) is 18.9 Å². The second-order valence-electron chi connectivity index (χ2n) is 6.70. The van der Waals surface area contributed by atoms with Crippen LogP contribution in [-0.4, -0.2) is 43.9 Å². The fraction of sp³-hybridized carbons (Fsp3) is 0.318. The van der Waals surface area contributed by atoms with Gasteiger partial charge in [-0.3, -0.25) is 9.59 Å². The van der Waals surface area contributed by atoms with Crippen molar-refractivity contribution >= 4 is 17.6 Å². The number of carbonyl (C=O) groups is 2. The molecule has 0 fully saturated rings. The van der Waals surface area contributed by atoms with E-state index in [-0.39, 0.29) is 11.9 Å². The summed E-state index contributed by atoms with van der Waals surface area (Å²) in [7, 11) is 4.66. The quantitative estimate of drug-likeness (QED) is 0.534. The molecule has 2 aromatic carbocycles. The van der Waals surface area contributed by atoms with Crippen LogP contribution in [0.1, 0.15) is 37.4 Å². The molecule has 0 radical (unpaired) electrons. The van der Waals surface area contributed by atoms with E-state index in [1.807, 2.05) is 12.1 Å². The van der Waals surface area contributed by atoms with Gasteiger partial charge in [0.05, 0.1) is 33.1 Å². The van der Waals surface area contributed by atoms with Gasteiger partial charge in [0.15, 0.2) is 11.5 Å². The third-order valence-electron chi connectivity index (χ3n) is 4.78. The van der Waals surface area contributed by atoms with E-state index in [0.29, 0.717) is 40.7 Å². The number of benzene rings is 2. The van der Waals surface area contributed by atoms with Crippen molar-refractivity contribution in [1.82, 2.24) is 5.01 Å². The molecule has 8 heteroatoms. The largest absolute Gasteiger partial charge is 0.497 e. The first-order valence-electron chi connectivity index (χ1n) is 9.34. The fourth-order valence-electron chi connectivity index (χ4n) is 3.39. The monoisotopic (exact) mass is 412 g/mol. The molecule has 1 heterocycles. The van der Waals surface area contributed by atoms with Crippen molar-refractivity contribution in [2.75, 3.05) is 21.3 Å². The van der Waals surface area contributed by atoms with Gasteiger partial charge >= 0.3 is 5.97 Å². The fourth-order valence-corrected chi connectivity index (χ4v) is 3.39. The van der Waals surface area contributed by atoms with Crippen LogP contribution in [0, 0.1) is 0 Å². The maximum absolute atomic E-state index is 12.3. The summed E-state index contributed by atoms with van der Waals surface area (Å²) in [5, 5.41) is 5.96. The molecule has 0 unspecified atom stereocenters. The van der Waals surface area contributed by atoms with Crippen molar-refractivity contribution in [1.29, 1.82) is 0 Å². The normalized spacial score (nSPS) is 15.4. The Hall–Kier alpha value is -3.55. The molecule has 1 aliphatic heterocycles. The van der Waals surface area contributed by atoms with Gasteiger partial charge in [-0.15, -0.1) is 0 Å². The van der Waals surface area contributed by atoms with Gasteiger partial charge in [0, 0.05) is 31.9 Å². The number of rotatable bonds is 6. The lowest BCUT2D eigenvalue weighted by Gasteiger charge is -2.21. The first-order chi connectivity index (χ1) is 14.4. The van der Waals surface area contributed by atoms with E-state index < -0.39 is 5.97 Å². The van der Waals surface area contributed by atoms with Gasteiger partial charge in [-0.2, -0.15) is 5.10 Å². The summed E-state index contributed by atoms with van der Waals surface area (Å²) in [5.41, 5.74) is 2.10. The van der Waals surface area contributed by atoms with E-state index in [1.54, 1.807) is 38.5 Å². The minimum absolute atomic E-state index is 0.202. The molecule has 30 heavy (non-hydrogen) atoms. The smallest absolute Gasteiger partial charge is 0.308 e. The minimum Gasteiger partial charge on any atom is -0.497 e. The Bertz CT molecular complexity index is 1000. The molecule has 1 aliphatic rings. The van der Waals surface area contributed by atoms with Gasteiger partial charge in [-0.05, 0) is 29.8 Å². The van der Waals surface area contributed by atoms with E-state index in [2.05, 4.69) is 5.10 Å². The highest BCUT2D eigenvalue weighted by molar-refractivity contribution is 6.05. The van der Waals surface area contributed by atoms with Crippen molar-refractivity contribution in [3.63, 3.8) is 0 Å². The van der Waals surface area contributed by atoms with Crippen molar-refractivity contribution in [3.8, 4) is 23.0 Å². The van der Waals surface area contributed by atoms with E-state index in [0.717, 1.165) is 5.56 Å². The second-order valence-corrected chi connectivity index (χ2v) is 6.70. The van der Waals surface area contributed by atoms with Crippen LogP contribution in [0.4, 0.5) is 0 Å². The molecule has 1 atom stereocenters. The molecule has 0 N–H and O–H groups in total. The van der Waals surface area contributed by atoms with E-state index in [9.17, 15) is 9.59 Å². The van der Waals surface area contributed by atoms with Crippen LogP contribution >= 0.6 is 0 Å². The summed E-state index contributed by atoms with van der Waals surface area (Å²) < 4.78 is 21.3. The van der Waals surface area contributed by atoms with E-state index in [1.165, 1.54) is 26.0 Å². The maximum atomic E-state index is 12.3. The lowest BCUT2D eigenvalue weighted by atomic mass is 9.97. The average molecular weight is 412 g/mol. The zero-order valence-electron chi connectivity index (χ0n) is 17.6. The Morgan fingerprint density at radius 3 is 2.27 bits per heavy atom. The van der Waals surface area contributed by atoms with Crippen molar-refractivity contribution in [2.24, 2.45) is 5.10 Å². The summed E-state index contributed by atoms with van der Waals surface area (Å²) in [6.45, 7) is 2.79. The van der Waals surface area contributed by atoms with Crippen LogP contribution in [0.3, 0.4) is 0 Å². The SMILES string of the molecule is COc1ccc(C2=NN(C(C)=O)[C@H](c3ccc(OC)c(OC)c3)C2)c(OC(C)=O)c1. The van der Waals surface area contributed by atoms with Crippen molar-refractivity contribution < 1.29 is 28.5 Å². The molecule has 158 valence electrons. The Kier molecular flexibility index (Phi) is 6.25. The molecule has 3 rings (SSSR count). The molecule has 0 saturated heterocycles. The lowest BCUT2D eigenvalue weighted by molar-refractivity contribution is -0.132. The Morgan fingerprint density at radius 2 is 1.67 bits per heavy atom. The molecule has 0 saturated carbocycles. The van der Waals surface area contributed by atoms with Crippen molar-refractivity contribution in [3.05, 3.63) is 47.5 Å². The van der Waals surface area contributed by atoms with Crippen LogP contribution in [0.2, 0.25) is 0 Å². The second kappa shape index (κ2) is 8.86. The Morgan fingerprint density at radius 1 is 0.933 bits per heavy atom. The summed E-state index contributed by atoms with van der Waals surface area (Å²) in [6, 6.07) is 10.3. The molecule has 0 bridgehead atoms. The van der Waals surface area contributed by atoms with Crippen LogP contribution in [0.25, 0.3) is 0 Å². The number of amides is 1. The summed E-state index contributed by atoms with van der Waals surface area (Å²) in [5.74, 6) is 1.39. The van der Waals surface area contributed by atoms with E-state index >= 15 is 0 Å². The standard InChI is InChI=1S/C22H24N2O6/c1-13(25)24-19(15-6-9-20(28-4)22(10-15)29-5)12-18(23-24)17-8-7-16(27-3)11-21(17)30-14(2)26/h6-11,19H,12H2,1-5H3/t19-/m0/s1. The Labute approximate surface area is 175 Å². The van der Waals surface area contributed by atoms with Crippen LogP contribution < -0.4 is 18.9 Å². The summed E-state index contributed by atoms with van der Waals surface area (Å²) in [4.78, 5) is 23.9. The lowest BCUT2D eigenvalue weighted by Crippen LogP contribution is -2.24. The Balaban J connectivity index is 2.01. The first kappa shape index (κ1) is 21.2. The number of hydrazone groups is 1. The number of methoxy groups -OCH3 is 3. The highest BCUT2D eigenvalue weighted by Crippen LogP contribution is 2.39. The summed E-state index contributed by atoms with van der Waals surface area (Å²) >= 11 is 0. The molecule has 0 aromatic heterocycles. The molecule has 8 nitrogen and oxygen atoms in total. The zero-order chi connectivity index (χ0) is 21.8. The molecule has 1 amide bonds. The van der Waals surface area contributed by atoms with Gasteiger partial charge in [0.2, 0.25) is 5.91 Å². The minimum atomic E-state index is -0.456. The molecular formula is C22H24N2O6. The first-order valence-corrected chi connectivity index (χ1v) is 9.34. The van der Waals surface area contributed by atoms with Gasteiger partial charge in [0.25, 0.3) is 0 Å². The zero-order valence-corrected chi connectivity index (χ0v) is 17.6. The van der Waals surface area contributed by atoms with Crippen LogP contribution in [0.15, 0.2) is 41.5 Å². The predicted octanol–water partition coefficient (Wildman–Crippen LogP) is 3.34. The van der Waals surface area contributed by atoms with Crippen LogP contribution in [-0.2, 0) is 9.59 Å². The predicted molar refractivity (Wildman–Crippen MR) is 110 cm³/mol. The number of carbonyl (C=O) groups excluding carboxylic acids is 2. The number of hydrogen-bond donors (Lipinski definition) is 0. The van der Waals surface area contributed by atoms with Gasteiger partial charge in [-0.1, -0.05) is 6.07 Å². The number of hydrogen-bond acceptors (Lipinski definition) is 7. The van der Waals surface area contributed by atoms with Gasteiger partial charge in [-0.25, -0.2) is 5.01 Å². The van der Waals surface area contributed by atoms with Crippen molar-refractivity contribution in [2.45, 2.75) is 26.3 Å². The third kappa shape index (κ3) is 4.22. The number of ether oxygens (including phenoxy) is 4. The summed E-state index contributed by atoms with van der Waals surface area (Å²) in [6.07, 6.45) is 0.440. The molecule has 2 aromatic rings. The van der Waals surface area contributed by atoms with Crippen LogP contribution in [0.5, 0.6) is 23.0 Å². The van der Waals surface area contributed by atoms with Gasteiger partial charge < -0.3 is 18.9 Å². The topological polar surface area (TPSA) is 86.7 Å². The van der Waals surface area contributed by atoms with Gasteiger partial charge in [0.1, 0.15) is 11.5 Å². The number of esters is 1. The maximum Gasteiger partial charge on any atom is 0.308 e. The highest BCUT2D eigenvalue weighted by atomic mass is 16.5. The molecular weight excluding hydrogens is 388 g/mol. The number of nitrogens with zero attached hydrogens (tertiary/aromatic N) is 2. The third-order valence-corrected chi connectivity index (χ3v) is 4.78. The average Bonchev–Trinajstić information content (AvgIpc) is 3.18.